The van der Waals surface area contributed by atoms with E-state index in [1.165, 1.54) is 4.31 Å². The molecule has 1 aromatic carbocycles. The molecule has 1 aromatic rings. The zero-order chi connectivity index (χ0) is 20.1. The van der Waals surface area contributed by atoms with Crippen LogP contribution in [0.3, 0.4) is 0 Å². The number of amides is 2. The van der Waals surface area contributed by atoms with Crippen molar-refractivity contribution in [3.05, 3.63) is 35.9 Å². The van der Waals surface area contributed by atoms with E-state index < -0.39 is 16.1 Å². The number of sulfonamides is 1. The van der Waals surface area contributed by atoms with E-state index in [-0.39, 0.29) is 24.0 Å². The maximum Gasteiger partial charge on any atom is 0.237 e. The third-order valence-corrected chi connectivity index (χ3v) is 7.27. The van der Waals surface area contributed by atoms with Gasteiger partial charge in [-0.2, -0.15) is 4.31 Å². The lowest BCUT2D eigenvalue weighted by Gasteiger charge is -2.37. The monoisotopic (exact) mass is 408 g/mol. The summed E-state index contributed by atoms with van der Waals surface area (Å²) in [5.74, 6) is -0.158. The van der Waals surface area contributed by atoms with E-state index in [1.807, 2.05) is 35.2 Å². The van der Waals surface area contributed by atoms with Crippen LogP contribution in [-0.4, -0.2) is 85.4 Å². The predicted octanol–water partition coefficient (Wildman–Crippen LogP) is -0.129. The zero-order valence-corrected chi connectivity index (χ0v) is 17.0. The van der Waals surface area contributed by atoms with Gasteiger partial charge in [-0.05, 0) is 12.5 Å². The van der Waals surface area contributed by atoms with E-state index in [9.17, 15) is 18.0 Å². The summed E-state index contributed by atoms with van der Waals surface area (Å²) < 4.78 is 25.4. The zero-order valence-electron chi connectivity index (χ0n) is 16.2. The molecule has 0 spiro atoms. The highest BCUT2D eigenvalue weighted by Crippen LogP contribution is 2.16. The summed E-state index contributed by atoms with van der Waals surface area (Å²) >= 11 is 0. The van der Waals surface area contributed by atoms with E-state index in [1.54, 1.807) is 11.8 Å². The predicted molar refractivity (Wildman–Crippen MR) is 106 cm³/mol. The van der Waals surface area contributed by atoms with Gasteiger partial charge in [-0.1, -0.05) is 30.3 Å². The van der Waals surface area contributed by atoms with Crippen molar-refractivity contribution in [2.45, 2.75) is 25.9 Å². The number of nitrogens with one attached hydrogen (secondary N) is 1. The second-order valence-electron chi connectivity index (χ2n) is 7.15. The molecule has 0 aliphatic carbocycles. The Morgan fingerprint density at radius 1 is 1.11 bits per heavy atom. The first-order valence-electron chi connectivity index (χ1n) is 9.72. The Labute approximate surface area is 166 Å². The molecule has 2 aliphatic rings. The van der Waals surface area contributed by atoms with Crippen molar-refractivity contribution in [1.82, 2.24) is 19.4 Å². The summed E-state index contributed by atoms with van der Waals surface area (Å²) in [7, 11) is -3.23. The van der Waals surface area contributed by atoms with Gasteiger partial charge in [0.15, 0.2) is 0 Å². The molecule has 0 radical (unpaired) electrons. The molecule has 0 bridgehead atoms. The van der Waals surface area contributed by atoms with Gasteiger partial charge in [-0.25, -0.2) is 8.42 Å². The molecule has 1 atom stereocenters. The first-order chi connectivity index (χ1) is 13.4. The van der Waals surface area contributed by atoms with Crippen LogP contribution in [0.4, 0.5) is 0 Å². The van der Waals surface area contributed by atoms with Crippen LogP contribution in [0.15, 0.2) is 30.3 Å². The molecule has 8 nitrogen and oxygen atoms in total. The lowest BCUT2D eigenvalue weighted by atomic mass is 10.1. The molecule has 9 heteroatoms. The molecular weight excluding hydrogens is 380 g/mol. The van der Waals surface area contributed by atoms with Gasteiger partial charge < -0.3 is 10.2 Å². The van der Waals surface area contributed by atoms with Gasteiger partial charge in [0.2, 0.25) is 21.8 Å². The van der Waals surface area contributed by atoms with E-state index in [2.05, 4.69) is 5.32 Å². The van der Waals surface area contributed by atoms with Gasteiger partial charge in [-0.3, -0.25) is 14.5 Å². The van der Waals surface area contributed by atoms with Crippen LogP contribution in [0.25, 0.3) is 0 Å². The van der Waals surface area contributed by atoms with E-state index in [0.29, 0.717) is 45.8 Å². The fourth-order valence-electron chi connectivity index (χ4n) is 3.68. The minimum absolute atomic E-state index is 0.0671. The number of benzene rings is 1. The van der Waals surface area contributed by atoms with E-state index in [4.69, 9.17) is 0 Å². The fraction of sp³-hybridized carbons (Fsp3) is 0.579. The lowest BCUT2D eigenvalue weighted by Crippen LogP contribution is -2.57. The largest absolute Gasteiger partial charge is 0.353 e. The Hall–Kier alpha value is -1.97. The summed E-state index contributed by atoms with van der Waals surface area (Å²) in [6, 6.07) is 9.40. The third kappa shape index (κ3) is 4.89. The molecule has 0 aromatic heterocycles. The normalized spacial score (nSPS) is 22.1. The molecule has 2 aliphatic heterocycles. The highest BCUT2D eigenvalue weighted by molar-refractivity contribution is 7.89. The van der Waals surface area contributed by atoms with Gasteiger partial charge in [0, 0.05) is 45.8 Å². The minimum atomic E-state index is -3.23. The first kappa shape index (κ1) is 20.8. The summed E-state index contributed by atoms with van der Waals surface area (Å²) in [6.45, 7) is 4.87. The quantitative estimate of drug-likeness (QED) is 0.708. The van der Waals surface area contributed by atoms with Gasteiger partial charge >= 0.3 is 0 Å². The van der Waals surface area contributed by atoms with Gasteiger partial charge in [0.1, 0.15) is 0 Å². The molecular formula is C19H28N4O4S. The van der Waals surface area contributed by atoms with Crippen molar-refractivity contribution in [3.63, 3.8) is 0 Å². The highest BCUT2D eigenvalue weighted by Gasteiger charge is 2.34. The van der Waals surface area contributed by atoms with Crippen molar-refractivity contribution < 1.29 is 18.0 Å². The molecule has 1 unspecified atom stereocenters. The summed E-state index contributed by atoms with van der Waals surface area (Å²) in [4.78, 5) is 28.9. The smallest absolute Gasteiger partial charge is 0.237 e. The average Bonchev–Trinajstić information content (AvgIpc) is 2.71. The van der Waals surface area contributed by atoms with Crippen LogP contribution in [0, 0.1) is 0 Å². The number of carbonyl (C=O) groups is 2. The van der Waals surface area contributed by atoms with Crippen molar-refractivity contribution >= 4 is 21.8 Å². The maximum absolute atomic E-state index is 12.8. The molecule has 1 N–H and O–H groups in total. The van der Waals surface area contributed by atoms with E-state index in [0.717, 1.165) is 5.56 Å². The topological polar surface area (TPSA) is 90.0 Å². The molecule has 3 rings (SSSR count). The van der Waals surface area contributed by atoms with Crippen LogP contribution in [0.5, 0.6) is 0 Å². The Bertz CT molecular complexity index is 791. The van der Waals surface area contributed by atoms with Gasteiger partial charge in [0.25, 0.3) is 0 Å². The van der Waals surface area contributed by atoms with Gasteiger partial charge in [-0.15, -0.1) is 0 Å². The van der Waals surface area contributed by atoms with Crippen molar-refractivity contribution in [2.24, 2.45) is 0 Å². The summed E-state index contributed by atoms with van der Waals surface area (Å²) in [5.41, 5.74) is 1.10. The summed E-state index contributed by atoms with van der Waals surface area (Å²) in [5, 5.41) is 2.85. The number of piperazine rings is 2. The minimum Gasteiger partial charge on any atom is -0.353 e. The Morgan fingerprint density at radius 3 is 2.43 bits per heavy atom. The number of hydrogen-bond donors (Lipinski definition) is 1. The van der Waals surface area contributed by atoms with Crippen molar-refractivity contribution in [1.29, 1.82) is 0 Å². The third-order valence-electron chi connectivity index (χ3n) is 5.39. The van der Waals surface area contributed by atoms with E-state index >= 15 is 0 Å². The molecule has 2 heterocycles. The second kappa shape index (κ2) is 9.02. The van der Waals surface area contributed by atoms with Gasteiger partial charge in [0.05, 0.1) is 18.2 Å². The molecule has 2 saturated heterocycles. The van der Waals surface area contributed by atoms with Crippen LogP contribution < -0.4 is 5.32 Å². The number of nitrogens with zero attached hydrogens (tertiary/aromatic N) is 3. The highest BCUT2D eigenvalue weighted by atomic mass is 32.2. The van der Waals surface area contributed by atoms with Crippen LogP contribution in [0.2, 0.25) is 0 Å². The number of hydrogen-bond acceptors (Lipinski definition) is 5. The number of rotatable bonds is 6. The SMILES string of the molecule is CCS(=O)(=O)N1CCN(C(=O)CC2C(=O)NCCN2Cc2ccccc2)CC1. The van der Waals surface area contributed by atoms with Crippen molar-refractivity contribution in [3.8, 4) is 0 Å². The molecule has 0 saturated carbocycles. The molecule has 2 amide bonds. The van der Waals surface area contributed by atoms with Crippen LogP contribution in [-0.2, 0) is 26.2 Å². The van der Waals surface area contributed by atoms with Crippen LogP contribution >= 0.6 is 0 Å². The Kier molecular flexibility index (Phi) is 6.69. The average molecular weight is 409 g/mol. The number of carbonyl (C=O) groups excluding carboxylic acids is 2. The second-order valence-corrected chi connectivity index (χ2v) is 9.40. The summed E-state index contributed by atoms with van der Waals surface area (Å²) in [6.07, 6.45) is 0.110. The standard InChI is InChI=1S/C19H28N4O4S/c1-2-28(26,27)23-12-10-21(11-13-23)18(24)14-17-19(25)20-8-9-22(17)15-16-6-4-3-5-7-16/h3-7,17H,2,8-15H2,1H3,(H,20,25). The lowest BCUT2D eigenvalue weighted by molar-refractivity contribution is -0.139. The Morgan fingerprint density at radius 2 is 1.79 bits per heavy atom. The van der Waals surface area contributed by atoms with Crippen LogP contribution in [0.1, 0.15) is 18.9 Å². The fourth-order valence-corrected chi connectivity index (χ4v) is 4.77. The molecule has 154 valence electrons. The molecule has 2 fully saturated rings. The first-order valence-corrected chi connectivity index (χ1v) is 11.3. The maximum atomic E-state index is 12.8. The molecule has 28 heavy (non-hydrogen) atoms. The van der Waals surface area contributed by atoms with Crippen molar-refractivity contribution in [2.75, 3.05) is 45.0 Å². The Balaban J connectivity index is 1.60.